The van der Waals surface area contributed by atoms with E-state index in [1.165, 1.54) is 28.6 Å². The van der Waals surface area contributed by atoms with Crippen molar-refractivity contribution in [1.29, 1.82) is 0 Å². The van der Waals surface area contributed by atoms with Gasteiger partial charge in [0.25, 0.3) is 5.56 Å². The summed E-state index contributed by atoms with van der Waals surface area (Å²) in [5.74, 6) is 2.68. The zero-order valence-corrected chi connectivity index (χ0v) is 41.7. The van der Waals surface area contributed by atoms with Crippen LogP contribution in [0.15, 0.2) is 131 Å². The average Bonchev–Trinajstić information content (AvgIpc) is 3.96. The fraction of sp³-hybridized carbons (Fsp3) is 0.408. The maximum atomic E-state index is 13.7. The van der Waals surface area contributed by atoms with Gasteiger partial charge in [0.15, 0.2) is 22.0 Å². The van der Waals surface area contributed by atoms with Crippen molar-refractivity contribution in [3.8, 4) is 11.5 Å². The minimum absolute atomic E-state index is 0.0128. The number of aromatic amines is 1. The highest BCUT2D eigenvalue weighted by Gasteiger charge is 2.54. The average molecular weight is 958 g/mol. The number of nitrogens with zero attached hydrogens (tertiary/aromatic N) is 2. The summed E-state index contributed by atoms with van der Waals surface area (Å²) in [5, 5.41) is -0.180. The molecule has 3 heterocycles. The first kappa shape index (κ1) is 48.9. The maximum Gasteiger partial charge on any atom is 0.330 e. The van der Waals surface area contributed by atoms with Gasteiger partial charge >= 0.3 is 5.69 Å². The fourth-order valence-electron chi connectivity index (χ4n) is 7.80. The number of ether oxygens (including phenoxy) is 4. The number of aromatic nitrogens is 2. The van der Waals surface area contributed by atoms with Crippen LogP contribution >= 0.6 is 30.6 Å². The molecule has 1 aromatic heterocycles. The molecule has 0 aliphatic carbocycles. The number of carbonyl (C=O) groups excluding carboxylic acids is 1. The Morgan fingerprint density at radius 2 is 1.35 bits per heavy atom. The van der Waals surface area contributed by atoms with Crippen LogP contribution in [0, 0.1) is 0 Å². The van der Waals surface area contributed by atoms with E-state index in [0.29, 0.717) is 28.6 Å². The van der Waals surface area contributed by atoms with Gasteiger partial charge in [0.05, 0.1) is 20.8 Å². The molecule has 5 aromatic rings. The lowest BCUT2D eigenvalue weighted by atomic mass is 9.80. The Balaban J connectivity index is 1.31. The number of benzene rings is 4. The molecule has 2 aliphatic rings. The van der Waals surface area contributed by atoms with E-state index in [2.05, 4.69) is 43.5 Å². The largest absolute Gasteiger partial charge is 0.497 e. The van der Waals surface area contributed by atoms with E-state index in [0.717, 1.165) is 42.6 Å². The molecular formula is C49H60N3O9PS2Si. The van der Waals surface area contributed by atoms with E-state index in [1.54, 1.807) is 25.6 Å². The molecule has 12 nitrogen and oxygen atoms in total. The first-order chi connectivity index (χ1) is 31.2. The molecule has 4 aromatic carbocycles. The van der Waals surface area contributed by atoms with Gasteiger partial charge < -0.3 is 27.9 Å². The molecule has 2 saturated heterocycles. The van der Waals surface area contributed by atoms with Gasteiger partial charge in [0.2, 0.25) is 5.12 Å². The maximum absolute atomic E-state index is 13.7. The van der Waals surface area contributed by atoms with Gasteiger partial charge in [-0.15, -0.1) is 0 Å². The van der Waals surface area contributed by atoms with Crippen LogP contribution in [-0.2, 0) is 24.0 Å². The van der Waals surface area contributed by atoms with Crippen LogP contribution in [0.3, 0.4) is 0 Å². The van der Waals surface area contributed by atoms with Crippen molar-refractivity contribution in [3.05, 3.63) is 165 Å². The second-order valence-electron chi connectivity index (χ2n) is 17.5. The molecule has 16 heteroatoms. The van der Waals surface area contributed by atoms with E-state index in [9.17, 15) is 14.4 Å². The smallest absolute Gasteiger partial charge is 0.330 e. The minimum atomic E-state index is -2.60. The zero-order chi connectivity index (χ0) is 46.2. The zero-order valence-electron chi connectivity index (χ0n) is 38.1. The topological polar surface area (TPSA) is 131 Å². The Hall–Kier alpha value is -4.02. The summed E-state index contributed by atoms with van der Waals surface area (Å²) in [6.07, 6.45) is 0.306. The molecule has 0 bridgehead atoms. The van der Waals surface area contributed by atoms with Crippen molar-refractivity contribution in [3.63, 3.8) is 0 Å². The number of hydrogen-bond acceptors (Lipinski definition) is 12. The normalized spacial score (nSPS) is 19.9. The molecule has 0 radical (unpaired) electrons. The number of nitrogens with one attached hydrogen (secondary N) is 1. The van der Waals surface area contributed by atoms with Crippen LogP contribution in [-0.4, -0.2) is 91.4 Å². The van der Waals surface area contributed by atoms with Crippen LogP contribution in [0.4, 0.5) is 0 Å². The molecule has 1 N–H and O–H groups in total. The number of methoxy groups -OCH3 is 2. The quantitative estimate of drug-likeness (QED) is 0.0366. The van der Waals surface area contributed by atoms with E-state index in [-0.39, 0.29) is 16.8 Å². The molecule has 65 heavy (non-hydrogen) atoms. The first-order valence-electron chi connectivity index (χ1n) is 21.9. The molecule has 0 saturated carbocycles. The summed E-state index contributed by atoms with van der Waals surface area (Å²) < 4.78 is 44.4. The van der Waals surface area contributed by atoms with E-state index < -0.39 is 57.2 Å². The van der Waals surface area contributed by atoms with Gasteiger partial charge in [-0.05, 0) is 71.9 Å². The Morgan fingerprint density at radius 3 is 1.91 bits per heavy atom. The molecule has 5 atom stereocenters. The van der Waals surface area contributed by atoms with Gasteiger partial charge in [-0.2, -0.15) is 0 Å². The molecular weight excluding hydrogens is 898 g/mol. The summed E-state index contributed by atoms with van der Waals surface area (Å²) in [6, 6.07) is 36.4. The molecule has 7 rings (SSSR count). The highest BCUT2D eigenvalue weighted by molar-refractivity contribution is 8.53. The lowest BCUT2D eigenvalue weighted by Crippen LogP contribution is -2.50. The van der Waals surface area contributed by atoms with E-state index in [1.807, 2.05) is 109 Å². The lowest BCUT2D eigenvalue weighted by Gasteiger charge is -2.41. The van der Waals surface area contributed by atoms with Crippen LogP contribution in [0.5, 0.6) is 11.5 Å². The van der Waals surface area contributed by atoms with Crippen molar-refractivity contribution in [2.75, 3.05) is 45.4 Å². The third-order valence-corrected chi connectivity index (χ3v) is 22.0. The predicted molar refractivity (Wildman–Crippen MR) is 264 cm³/mol. The Kier molecular flexibility index (Phi) is 16.3. The summed E-state index contributed by atoms with van der Waals surface area (Å²) >= 11 is 3.02. The number of H-pyrrole nitrogens is 1. The summed E-state index contributed by atoms with van der Waals surface area (Å²) in [5.41, 5.74) is 0.964. The number of carbonyl (C=O) groups is 1. The van der Waals surface area contributed by atoms with Crippen LogP contribution < -0.4 is 20.7 Å². The molecule has 0 spiro atoms. The third kappa shape index (κ3) is 11.4. The minimum Gasteiger partial charge on any atom is -0.497 e. The summed E-state index contributed by atoms with van der Waals surface area (Å²) in [4.78, 5) is 41.7. The van der Waals surface area contributed by atoms with Gasteiger partial charge in [-0.25, -0.2) is 4.79 Å². The molecule has 2 fully saturated rings. The highest BCUT2D eigenvalue weighted by atomic mass is 32.7. The molecule has 0 amide bonds. The van der Waals surface area contributed by atoms with Crippen molar-refractivity contribution in [2.24, 2.45) is 0 Å². The van der Waals surface area contributed by atoms with E-state index in [4.69, 9.17) is 27.9 Å². The van der Waals surface area contributed by atoms with E-state index >= 15 is 0 Å². The highest BCUT2D eigenvalue weighted by Crippen LogP contribution is 2.59. The Labute approximate surface area is 392 Å². The van der Waals surface area contributed by atoms with Crippen LogP contribution in [0.1, 0.15) is 66.9 Å². The molecule has 5 unspecified atom stereocenters. The monoisotopic (exact) mass is 957 g/mol. The standard InChI is InChI=1S/C49H60N3O9PS2Si/c1-48(2,3)65(6,7)61-44-43(60-62(51-29-14-15-30-51)64-33-32-63-46(54)35-16-10-8-11-17-35)41(59-45(44)52-31-28-42(53)50-47(52)55)34-58-49(36-18-12-9-13-19-36,37-20-24-39(56-4)25-21-37)38-22-26-40(57-5)27-23-38/h8-13,16-28,31,41,43-45H,14-15,29-30,32-34H2,1-7H3,(H,50,53,55). The third-order valence-electron chi connectivity index (χ3n) is 12.3. The number of thioether (sulfide) groups is 1. The first-order valence-corrected chi connectivity index (χ1v) is 28.6. The van der Waals surface area contributed by atoms with Crippen molar-refractivity contribution < 1.29 is 32.7 Å². The number of hydrogen-bond donors (Lipinski definition) is 1. The van der Waals surface area contributed by atoms with Crippen LogP contribution in [0.2, 0.25) is 18.1 Å². The SMILES string of the molecule is COc1ccc(C(OCC2OC(n3ccc(=O)[nH]c3=O)C(O[Si](C)(C)C(C)(C)C)C2OP(SCCSC(=O)c2ccccc2)N2CCCC2)(c2ccccc2)c2ccc(OC)cc2)cc1. The summed E-state index contributed by atoms with van der Waals surface area (Å²) in [6.45, 7) is 12.6. The van der Waals surface area contributed by atoms with Crippen molar-refractivity contribution >= 4 is 44.1 Å². The van der Waals surface area contributed by atoms with Gasteiger partial charge in [-0.3, -0.25) is 23.8 Å². The van der Waals surface area contributed by atoms with Gasteiger partial charge in [-0.1, -0.05) is 129 Å². The predicted octanol–water partition coefficient (Wildman–Crippen LogP) is 9.86. The van der Waals surface area contributed by atoms with Gasteiger partial charge in [0, 0.05) is 42.4 Å². The molecule has 2 aliphatic heterocycles. The Bertz CT molecular complexity index is 2380. The van der Waals surface area contributed by atoms with Gasteiger partial charge in [0.1, 0.15) is 35.4 Å². The Morgan fingerprint density at radius 1 is 0.785 bits per heavy atom. The summed E-state index contributed by atoms with van der Waals surface area (Å²) in [7, 11) is -0.634. The van der Waals surface area contributed by atoms with Crippen molar-refractivity contribution in [1.82, 2.24) is 14.2 Å². The lowest BCUT2D eigenvalue weighted by molar-refractivity contribution is -0.0933. The number of rotatable bonds is 19. The van der Waals surface area contributed by atoms with Crippen LogP contribution in [0.25, 0.3) is 0 Å². The fourth-order valence-corrected chi connectivity index (χ4v) is 14.4. The second-order valence-corrected chi connectivity index (χ2v) is 27.0. The molecule has 346 valence electrons. The van der Waals surface area contributed by atoms with Crippen molar-refractivity contribution in [2.45, 2.75) is 81.9 Å². The second kappa shape index (κ2) is 21.7.